The smallest absolute Gasteiger partial charge is 0.326 e. The average Bonchev–Trinajstić information content (AvgIpc) is 3.17. The van der Waals surface area contributed by atoms with Crippen LogP contribution in [0.3, 0.4) is 0 Å². The first kappa shape index (κ1) is 20.8. The summed E-state index contributed by atoms with van der Waals surface area (Å²) in [5.74, 6) is -0.516. The molecule has 1 fully saturated rings. The highest BCUT2D eigenvalue weighted by Gasteiger charge is 2.35. The van der Waals surface area contributed by atoms with Gasteiger partial charge in [0.2, 0.25) is 5.91 Å². The molecule has 3 rings (SSSR count). The summed E-state index contributed by atoms with van der Waals surface area (Å²) in [7, 11) is -3.69. The van der Waals surface area contributed by atoms with E-state index in [1.807, 2.05) is 0 Å². The fourth-order valence-electron chi connectivity index (χ4n) is 3.22. The number of amides is 1. The van der Waals surface area contributed by atoms with E-state index in [1.165, 1.54) is 22.5 Å². The van der Waals surface area contributed by atoms with E-state index in [2.05, 4.69) is 5.32 Å². The van der Waals surface area contributed by atoms with Gasteiger partial charge < -0.3 is 5.32 Å². The predicted octanol–water partition coefficient (Wildman–Crippen LogP) is 4.34. The number of anilines is 1. The van der Waals surface area contributed by atoms with Crippen LogP contribution in [-0.4, -0.2) is 31.2 Å². The second kappa shape index (κ2) is 8.22. The molecule has 0 bridgehead atoms. The van der Waals surface area contributed by atoms with Crippen molar-refractivity contribution in [2.75, 3.05) is 11.9 Å². The molecule has 28 heavy (non-hydrogen) atoms. The molecule has 1 aliphatic heterocycles. The number of nitrogens with zero attached hydrogens (tertiary/aromatic N) is 1. The Hall–Kier alpha value is -1.91. The standard InChI is InChI=1S/C18H19F3N2O3S2/c19-18(20,21)13-5-3-6-14(11-13)22-16(24)12-15-7-1-2-9-23(15)28(25,26)17-8-4-10-27-17/h3-6,8,10-11,15H,1-2,7,9,12H2,(H,22,24). The van der Waals surface area contributed by atoms with Crippen molar-refractivity contribution in [3.63, 3.8) is 0 Å². The second-order valence-corrected chi connectivity index (χ2v) is 9.59. The van der Waals surface area contributed by atoms with Crippen LogP contribution in [0.15, 0.2) is 46.0 Å². The monoisotopic (exact) mass is 432 g/mol. The third-order valence-corrected chi connectivity index (χ3v) is 7.85. The van der Waals surface area contributed by atoms with Gasteiger partial charge in [0.15, 0.2) is 0 Å². The Morgan fingerprint density at radius 3 is 2.68 bits per heavy atom. The fraction of sp³-hybridized carbons (Fsp3) is 0.389. The number of alkyl halides is 3. The number of carbonyl (C=O) groups is 1. The predicted molar refractivity (Wildman–Crippen MR) is 101 cm³/mol. The molecule has 1 atom stereocenters. The average molecular weight is 432 g/mol. The molecule has 1 aromatic heterocycles. The van der Waals surface area contributed by atoms with Crippen LogP contribution in [0.4, 0.5) is 18.9 Å². The summed E-state index contributed by atoms with van der Waals surface area (Å²) in [6.45, 7) is 0.321. The van der Waals surface area contributed by atoms with Crippen LogP contribution in [0.2, 0.25) is 0 Å². The SMILES string of the molecule is O=C(CC1CCCCN1S(=O)(=O)c1cccs1)Nc1cccc(C(F)(F)F)c1. The van der Waals surface area contributed by atoms with E-state index >= 15 is 0 Å². The number of benzene rings is 1. The van der Waals surface area contributed by atoms with Crippen LogP contribution in [0.25, 0.3) is 0 Å². The highest BCUT2D eigenvalue weighted by molar-refractivity contribution is 7.91. The number of halogens is 3. The van der Waals surface area contributed by atoms with Crippen LogP contribution in [0.5, 0.6) is 0 Å². The number of carbonyl (C=O) groups excluding carboxylic acids is 1. The Morgan fingerprint density at radius 1 is 1.21 bits per heavy atom. The molecular formula is C18H19F3N2O3S2. The van der Waals surface area contributed by atoms with Gasteiger partial charge in [0, 0.05) is 24.7 Å². The molecule has 0 saturated carbocycles. The van der Waals surface area contributed by atoms with Crippen LogP contribution in [0.1, 0.15) is 31.2 Å². The molecule has 0 aliphatic carbocycles. The zero-order chi connectivity index (χ0) is 20.4. The minimum Gasteiger partial charge on any atom is -0.326 e. The molecule has 1 unspecified atom stereocenters. The van der Waals surface area contributed by atoms with Gasteiger partial charge in [-0.15, -0.1) is 11.3 Å². The van der Waals surface area contributed by atoms with Gasteiger partial charge in [-0.3, -0.25) is 4.79 Å². The lowest BCUT2D eigenvalue weighted by Crippen LogP contribution is -2.45. The molecule has 1 saturated heterocycles. The van der Waals surface area contributed by atoms with E-state index < -0.39 is 33.7 Å². The first-order valence-electron chi connectivity index (χ1n) is 8.70. The molecule has 5 nitrogen and oxygen atoms in total. The van der Waals surface area contributed by atoms with E-state index in [4.69, 9.17) is 0 Å². The van der Waals surface area contributed by atoms with Crippen molar-refractivity contribution in [1.82, 2.24) is 4.31 Å². The van der Waals surface area contributed by atoms with Crippen molar-refractivity contribution in [1.29, 1.82) is 0 Å². The molecule has 10 heteroatoms. The lowest BCUT2D eigenvalue weighted by Gasteiger charge is -2.34. The molecule has 2 heterocycles. The van der Waals surface area contributed by atoms with Crippen molar-refractivity contribution < 1.29 is 26.4 Å². The number of thiophene rings is 1. The van der Waals surface area contributed by atoms with Crippen LogP contribution in [-0.2, 0) is 21.0 Å². The summed E-state index contributed by atoms with van der Waals surface area (Å²) in [6, 6.07) is 7.02. The Labute approximate surface area is 165 Å². The van der Waals surface area contributed by atoms with Crippen molar-refractivity contribution >= 4 is 33.0 Å². The van der Waals surface area contributed by atoms with Crippen molar-refractivity contribution in [3.05, 3.63) is 47.3 Å². The Morgan fingerprint density at radius 2 is 2.00 bits per heavy atom. The summed E-state index contributed by atoms with van der Waals surface area (Å²) >= 11 is 1.11. The molecule has 2 aromatic rings. The zero-order valence-corrected chi connectivity index (χ0v) is 16.4. The first-order chi connectivity index (χ1) is 13.2. The fourth-order valence-corrected chi connectivity index (χ4v) is 6.03. The van der Waals surface area contributed by atoms with E-state index in [1.54, 1.807) is 11.4 Å². The van der Waals surface area contributed by atoms with Gasteiger partial charge in [0.25, 0.3) is 10.0 Å². The lowest BCUT2D eigenvalue weighted by atomic mass is 10.0. The molecule has 1 amide bonds. The molecule has 0 spiro atoms. The summed E-state index contributed by atoms with van der Waals surface area (Å²) in [5, 5.41) is 4.12. The first-order valence-corrected chi connectivity index (χ1v) is 11.0. The van der Waals surface area contributed by atoms with Gasteiger partial charge in [-0.2, -0.15) is 17.5 Å². The molecule has 152 valence electrons. The van der Waals surface area contributed by atoms with Gasteiger partial charge >= 0.3 is 6.18 Å². The second-order valence-electron chi connectivity index (χ2n) is 6.53. The maximum atomic E-state index is 12.8. The van der Waals surface area contributed by atoms with Gasteiger partial charge in [-0.25, -0.2) is 8.42 Å². The van der Waals surface area contributed by atoms with E-state index in [0.717, 1.165) is 29.9 Å². The Bertz CT molecular complexity index is 928. The topological polar surface area (TPSA) is 66.5 Å². The summed E-state index contributed by atoms with van der Waals surface area (Å²) in [6.07, 6.45) is -2.59. The molecule has 0 radical (unpaired) electrons. The van der Waals surface area contributed by atoms with Crippen LogP contribution < -0.4 is 5.32 Å². The molecule has 1 aliphatic rings. The Balaban J connectivity index is 1.72. The third kappa shape index (κ3) is 4.73. The number of sulfonamides is 1. The minimum atomic E-state index is -4.50. The maximum absolute atomic E-state index is 12.8. The summed E-state index contributed by atoms with van der Waals surface area (Å²) in [5.41, 5.74) is -0.826. The number of hydrogen-bond acceptors (Lipinski definition) is 4. The van der Waals surface area contributed by atoms with Crippen molar-refractivity contribution in [2.24, 2.45) is 0 Å². The molecule has 1 aromatic carbocycles. The largest absolute Gasteiger partial charge is 0.416 e. The number of piperidine rings is 1. The Kier molecular flexibility index (Phi) is 6.11. The normalized spacial score (nSPS) is 18.8. The summed E-state index contributed by atoms with van der Waals surface area (Å²) < 4.78 is 65.7. The van der Waals surface area contributed by atoms with E-state index in [9.17, 15) is 26.4 Å². The third-order valence-electron chi connectivity index (χ3n) is 4.53. The maximum Gasteiger partial charge on any atom is 0.416 e. The lowest BCUT2D eigenvalue weighted by molar-refractivity contribution is -0.137. The van der Waals surface area contributed by atoms with E-state index in [0.29, 0.717) is 19.4 Å². The van der Waals surface area contributed by atoms with Crippen LogP contribution in [0, 0.1) is 0 Å². The van der Waals surface area contributed by atoms with Gasteiger partial charge in [-0.1, -0.05) is 18.6 Å². The highest BCUT2D eigenvalue weighted by atomic mass is 32.2. The van der Waals surface area contributed by atoms with Gasteiger partial charge in [0.1, 0.15) is 4.21 Å². The molecular weight excluding hydrogens is 413 g/mol. The minimum absolute atomic E-state index is 0.0308. The van der Waals surface area contributed by atoms with E-state index in [-0.39, 0.29) is 16.3 Å². The number of nitrogens with one attached hydrogen (secondary N) is 1. The highest BCUT2D eigenvalue weighted by Crippen LogP contribution is 2.32. The number of rotatable bonds is 5. The van der Waals surface area contributed by atoms with Gasteiger partial charge in [0.05, 0.1) is 5.56 Å². The summed E-state index contributed by atoms with van der Waals surface area (Å²) in [4.78, 5) is 12.4. The molecule has 1 N–H and O–H groups in total. The van der Waals surface area contributed by atoms with Crippen LogP contribution >= 0.6 is 11.3 Å². The van der Waals surface area contributed by atoms with Gasteiger partial charge in [-0.05, 0) is 42.5 Å². The van der Waals surface area contributed by atoms with Crippen molar-refractivity contribution in [2.45, 2.75) is 42.1 Å². The van der Waals surface area contributed by atoms with Crippen molar-refractivity contribution in [3.8, 4) is 0 Å². The number of hydrogen-bond donors (Lipinski definition) is 1. The zero-order valence-electron chi connectivity index (χ0n) is 14.8. The quantitative estimate of drug-likeness (QED) is 0.764.